The third-order valence-corrected chi connectivity index (χ3v) is 2.76. The number of aromatic nitrogens is 2. The molecule has 1 unspecified atom stereocenters. The number of nitrogens with zero attached hydrogens (tertiary/aromatic N) is 2. The van der Waals surface area contributed by atoms with Gasteiger partial charge in [0.25, 0.3) is 5.91 Å². The van der Waals surface area contributed by atoms with Gasteiger partial charge in [0.1, 0.15) is 0 Å². The van der Waals surface area contributed by atoms with Crippen molar-refractivity contribution in [3.8, 4) is 0 Å². The second-order valence-electron chi connectivity index (χ2n) is 3.51. The second-order valence-corrected chi connectivity index (χ2v) is 4.12. The number of aliphatic hydroxyl groups excluding tert-OH is 1. The fourth-order valence-corrected chi connectivity index (χ4v) is 1.86. The normalized spacial score (nSPS) is 12.1. The molecule has 1 amide bonds. The van der Waals surface area contributed by atoms with Crippen LogP contribution in [0.5, 0.6) is 0 Å². The number of carbonyl (C=O) groups excluding carboxylic acids is 1. The Hall–Kier alpha value is -1.79. The minimum absolute atomic E-state index is 0.274. The smallest absolute Gasteiger partial charge is 0.277 e. The number of rotatable bonds is 3. The molecule has 5 nitrogen and oxygen atoms in total. The van der Waals surface area contributed by atoms with Crippen LogP contribution in [-0.4, -0.2) is 20.6 Å². The summed E-state index contributed by atoms with van der Waals surface area (Å²) in [6, 6.07) is 7.10. The average molecular weight is 249 g/mol. The highest BCUT2D eigenvalue weighted by molar-refractivity contribution is 7.03. The average Bonchev–Trinajstić information content (AvgIpc) is 2.83. The highest BCUT2D eigenvalue weighted by Crippen LogP contribution is 2.22. The summed E-state index contributed by atoms with van der Waals surface area (Å²) in [5.74, 6) is -0.327. The highest BCUT2D eigenvalue weighted by atomic mass is 32.1. The van der Waals surface area contributed by atoms with Gasteiger partial charge in [-0.25, -0.2) is 0 Å². The molecule has 6 heteroatoms. The Morgan fingerprint density at radius 3 is 2.88 bits per heavy atom. The first-order chi connectivity index (χ1) is 8.18. The van der Waals surface area contributed by atoms with Gasteiger partial charge in [0.2, 0.25) is 0 Å². The van der Waals surface area contributed by atoms with Gasteiger partial charge in [-0.3, -0.25) is 4.79 Å². The number of hydrogen-bond donors (Lipinski definition) is 2. The summed E-state index contributed by atoms with van der Waals surface area (Å²) >= 11 is 1.12. The fraction of sp³-hybridized carbons (Fsp3) is 0.182. The summed E-state index contributed by atoms with van der Waals surface area (Å²) in [4.78, 5) is 11.8. The molecule has 0 saturated carbocycles. The SMILES string of the molecule is CC(O)c1ccccc1NC(=O)c1csnn1. The molecule has 0 saturated heterocycles. The van der Waals surface area contributed by atoms with Crippen LogP contribution in [0.1, 0.15) is 29.1 Å². The molecule has 0 radical (unpaired) electrons. The molecule has 1 atom stereocenters. The maximum atomic E-state index is 11.8. The third kappa shape index (κ3) is 2.66. The van der Waals surface area contributed by atoms with Crippen LogP contribution < -0.4 is 5.32 Å². The van der Waals surface area contributed by atoms with Gasteiger partial charge in [-0.1, -0.05) is 22.7 Å². The van der Waals surface area contributed by atoms with Crippen LogP contribution in [-0.2, 0) is 0 Å². The summed E-state index contributed by atoms with van der Waals surface area (Å²) in [7, 11) is 0. The van der Waals surface area contributed by atoms with Crippen LogP contribution in [0.3, 0.4) is 0 Å². The number of benzene rings is 1. The Balaban J connectivity index is 2.22. The lowest BCUT2D eigenvalue weighted by atomic mass is 10.1. The van der Waals surface area contributed by atoms with Crippen LogP contribution in [0.4, 0.5) is 5.69 Å². The highest BCUT2D eigenvalue weighted by Gasteiger charge is 2.13. The van der Waals surface area contributed by atoms with Crippen LogP contribution in [0.15, 0.2) is 29.6 Å². The Bertz CT molecular complexity index is 511. The van der Waals surface area contributed by atoms with E-state index in [4.69, 9.17) is 0 Å². The molecule has 2 N–H and O–H groups in total. The van der Waals surface area contributed by atoms with Crippen molar-refractivity contribution in [1.82, 2.24) is 9.59 Å². The van der Waals surface area contributed by atoms with E-state index >= 15 is 0 Å². The van der Waals surface area contributed by atoms with Gasteiger partial charge in [0.05, 0.1) is 6.10 Å². The van der Waals surface area contributed by atoms with Gasteiger partial charge in [-0.05, 0) is 24.5 Å². The van der Waals surface area contributed by atoms with Crippen LogP contribution in [0, 0.1) is 0 Å². The largest absolute Gasteiger partial charge is 0.389 e. The van der Waals surface area contributed by atoms with Crippen molar-refractivity contribution in [3.63, 3.8) is 0 Å². The van der Waals surface area contributed by atoms with E-state index in [1.807, 2.05) is 6.07 Å². The van der Waals surface area contributed by atoms with Crippen molar-refractivity contribution in [2.75, 3.05) is 5.32 Å². The first kappa shape index (κ1) is 11.7. The van der Waals surface area contributed by atoms with Gasteiger partial charge in [-0.2, -0.15) is 0 Å². The van der Waals surface area contributed by atoms with E-state index < -0.39 is 6.10 Å². The Kier molecular flexibility index (Phi) is 3.46. The number of amides is 1. The number of nitrogens with one attached hydrogen (secondary N) is 1. The van der Waals surface area contributed by atoms with Crippen LogP contribution in [0.25, 0.3) is 0 Å². The van der Waals surface area contributed by atoms with Gasteiger partial charge < -0.3 is 10.4 Å². The molecule has 17 heavy (non-hydrogen) atoms. The Labute approximate surface area is 102 Å². The molecule has 88 valence electrons. The predicted octanol–water partition coefficient (Wildman–Crippen LogP) is 1.84. The van der Waals surface area contributed by atoms with E-state index in [1.165, 1.54) is 0 Å². The van der Waals surface area contributed by atoms with E-state index in [9.17, 15) is 9.90 Å². The first-order valence-electron chi connectivity index (χ1n) is 5.04. The third-order valence-electron chi connectivity index (χ3n) is 2.25. The molecule has 1 aromatic carbocycles. The monoisotopic (exact) mass is 249 g/mol. The van der Waals surface area contributed by atoms with E-state index in [-0.39, 0.29) is 11.6 Å². The van der Waals surface area contributed by atoms with E-state index in [1.54, 1.807) is 30.5 Å². The molecule has 2 aromatic rings. The van der Waals surface area contributed by atoms with Gasteiger partial charge in [0, 0.05) is 16.6 Å². The zero-order valence-electron chi connectivity index (χ0n) is 9.12. The minimum atomic E-state index is -0.639. The van der Waals surface area contributed by atoms with Crippen molar-refractivity contribution in [2.45, 2.75) is 13.0 Å². The molecule has 1 aromatic heterocycles. The molecule has 2 rings (SSSR count). The van der Waals surface area contributed by atoms with Crippen LogP contribution >= 0.6 is 11.5 Å². The molecule has 0 fully saturated rings. The summed E-state index contributed by atoms with van der Waals surface area (Å²) < 4.78 is 3.62. The lowest BCUT2D eigenvalue weighted by Gasteiger charge is -2.11. The number of anilines is 1. The van der Waals surface area contributed by atoms with Gasteiger partial charge in [0.15, 0.2) is 5.69 Å². The quantitative estimate of drug-likeness (QED) is 0.870. The van der Waals surface area contributed by atoms with Crippen LogP contribution in [0.2, 0.25) is 0 Å². The number of aliphatic hydroxyl groups is 1. The summed E-state index contributed by atoms with van der Waals surface area (Å²) in [5, 5.41) is 17.5. The summed E-state index contributed by atoms with van der Waals surface area (Å²) in [6.07, 6.45) is -0.639. The van der Waals surface area contributed by atoms with E-state index in [0.29, 0.717) is 11.3 Å². The number of para-hydroxylation sites is 1. The lowest BCUT2D eigenvalue weighted by molar-refractivity contribution is 0.102. The van der Waals surface area contributed by atoms with Crippen molar-refractivity contribution < 1.29 is 9.90 Å². The molecule has 0 aliphatic carbocycles. The summed E-state index contributed by atoms with van der Waals surface area (Å²) in [5.41, 5.74) is 1.53. The number of hydrogen-bond acceptors (Lipinski definition) is 5. The second kappa shape index (κ2) is 5.03. The molecule has 1 heterocycles. The summed E-state index contributed by atoms with van der Waals surface area (Å²) in [6.45, 7) is 1.65. The van der Waals surface area contributed by atoms with Crippen molar-refractivity contribution in [1.29, 1.82) is 0 Å². The van der Waals surface area contributed by atoms with Crippen molar-refractivity contribution in [3.05, 3.63) is 40.9 Å². The van der Waals surface area contributed by atoms with Crippen molar-refractivity contribution in [2.24, 2.45) is 0 Å². The van der Waals surface area contributed by atoms with Gasteiger partial charge in [-0.15, -0.1) is 5.10 Å². The zero-order chi connectivity index (χ0) is 12.3. The maximum Gasteiger partial charge on any atom is 0.277 e. The van der Waals surface area contributed by atoms with Gasteiger partial charge >= 0.3 is 0 Å². The lowest BCUT2D eigenvalue weighted by Crippen LogP contribution is -2.14. The first-order valence-corrected chi connectivity index (χ1v) is 5.87. The predicted molar refractivity (Wildman–Crippen MR) is 64.9 cm³/mol. The maximum absolute atomic E-state index is 11.8. The molecular weight excluding hydrogens is 238 g/mol. The Morgan fingerprint density at radius 2 is 2.24 bits per heavy atom. The molecule has 0 bridgehead atoms. The topological polar surface area (TPSA) is 75.1 Å². The van der Waals surface area contributed by atoms with E-state index in [2.05, 4.69) is 14.9 Å². The standard InChI is InChI=1S/C11H11N3O2S/c1-7(15)8-4-2-3-5-9(8)12-11(16)10-6-17-14-13-10/h2-7,15H,1H3,(H,12,16). The molecule has 0 aliphatic rings. The minimum Gasteiger partial charge on any atom is -0.389 e. The molecule has 0 spiro atoms. The van der Waals surface area contributed by atoms with Crippen molar-refractivity contribution >= 4 is 23.1 Å². The van der Waals surface area contributed by atoms with E-state index in [0.717, 1.165) is 11.5 Å². The number of carbonyl (C=O) groups is 1. The Morgan fingerprint density at radius 1 is 1.47 bits per heavy atom. The fourth-order valence-electron chi connectivity index (χ4n) is 1.43. The zero-order valence-corrected chi connectivity index (χ0v) is 9.94. The molecular formula is C11H11N3O2S. The molecule has 0 aliphatic heterocycles.